The summed E-state index contributed by atoms with van der Waals surface area (Å²) in [4.78, 5) is 0. The first-order chi connectivity index (χ1) is 10.5. The third-order valence-electron chi connectivity index (χ3n) is 3.06. The number of aromatic nitrogens is 3. The number of nitrogens with one attached hydrogen (secondary N) is 1. The van der Waals surface area contributed by atoms with Crippen molar-refractivity contribution in [2.24, 2.45) is 0 Å². The summed E-state index contributed by atoms with van der Waals surface area (Å²) in [7, 11) is 0. The first kappa shape index (κ1) is 14.6. The fourth-order valence-electron chi connectivity index (χ4n) is 2.06. The smallest absolute Gasteiger partial charge is 0.149 e. The monoisotopic (exact) mass is 321 g/mol. The Labute approximate surface area is 126 Å². The maximum Gasteiger partial charge on any atom is 0.149 e. The largest absolute Gasteiger partial charge is 0.760 e. The van der Waals surface area contributed by atoms with Crippen LogP contribution in [0.25, 0.3) is 16.7 Å². The molecule has 0 aliphatic carbocycles. The Hall–Kier alpha value is -2.36. The fraction of sp³-hybridized carbons (Fsp3) is 0.0769. The quantitative estimate of drug-likeness (QED) is 0.702. The summed E-state index contributed by atoms with van der Waals surface area (Å²) in [5.41, 5.74) is 1.64. The Morgan fingerprint density at radius 1 is 1.32 bits per heavy atom. The SMILES string of the molecule is O=S([O-])NCc1ccc(-n2nnc3cc(O)ccc32)c(F)c1. The number of hydrogen-bond acceptors (Lipinski definition) is 5. The molecule has 1 aromatic heterocycles. The second kappa shape index (κ2) is 5.79. The number of nitrogens with zero attached hydrogens (tertiary/aromatic N) is 3. The molecule has 1 heterocycles. The molecule has 9 heteroatoms. The van der Waals surface area contributed by atoms with Gasteiger partial charge in [0.25, 0.3) is 0 Å². The molecular weight excluding hydrogens is 311 g/mol. The molecule has 22 heavy (non-hydrogen) atoms. The van der Waals surface area contributed by atoms with Crippen molar-refractivity contribution in [2.45, 2.75) is 6.54 Å². The molecule has 0 saturated carbocycles. The topological polar surface area (TPSA) is 103 Å². The minimum absolute atomic E-state index is 0.000706. The standard InChI is InChI=1S/C13H11FN4O3S/c14-10-5-8(7-15-22(20)21)1-3-12(10)18-13-4-2-9(19)6-11(13)16-17-18/h1-6,15,19H,7H2,(H,20,21)/p-1. The summed E-state index contributed by atoms with van der Waals surface area (Å²) in [5, 5.41) is 17.1. The predicted molar refractivity (Wildman–Crippen MR) is 76.2 cm³/mol. The van der Waals surface area contributed by atoms with Crippen LogP contribution in [0.1, 0.15) is 5.56 Å². The highest BCUT2D eigenvalue weighted by molar-refractivity contribution is 7.77. The number of phenolic OH excluding ortho intramolecular Hbond substituents is 1. The summed E-state index contributed by atoms with van der Waals surface area (Å²) >= 11 is -2.40. The lowest BCUT2D eigenvalue weighted by Crippen LogP contribution is -2.15. The van der Waals surface area contributed by atoms with Gasteiger partial charge < -0.3 is 9.66 Å². The average molecular weight is 321 g/mol. The van der Waals surface area contributed by atoms with E-state index in [-0.39, 0.29) is 18.0 Å². The first-order valence-electron chi connectivity index (χ1n) is 6.20. The molecule has 0 bridgehead atoms. The molecule has 2 N–H and O–H groups in total. The van der Waals surface area contributed by atoms with Gasteiger partial charge in [-0.3, -0.25) is 4.21 Å². The Kier molecular flexibility index (Phi) is 3.84. The molecule has 0 fully saturated rings. The van der Waals surface area contributed by atoms with E-state index in [1.54, 1.807) is 12.1 Å². The highest BCUT2D eigenvalue weighted by Crippen LogP contribution is 2.22. The molecule has 0 aliphatic rings. The van der Waals surface area contributed by atoms with E-state index in [1.165, 1.54) is 28.9 Å². The minimum atomic E-state index is -2.40. The number of benzene rings is 2. The van der Waals surface area contributed by atoms with Crippen LogP contribution in [0.15, 0.2) is 36.4 Å². The van der Waals surface area contributed by atoms with E-state index in [4.69, 9.17) is 0 Å². The molecule has 0 saturated heterocycles. The van der Waals surface area contributed by atoms with E-state index in [9.17, 15) is 18.3 Å². The second-order valence-electron chi connectivity index (χ2n) is 4.52. The summed E-state index contributed by atoms with van der Waals surface area (Å²) < 4.78 is 38.6. The Bertz CT molecular complexity index is 868. The first-order valence-corrected chi connectivity index (χ1v) is 7.28. The van der Waals surface area contributed by atoms with Crippen LogP contribution < -0.4 is 4.72 Å². The van der Waals surface area contributed by atoms with E-state index < -0.39 is 17.1 Å². The maximum absolute atomic E-state index is 14.2. The van der Waals surface area contributed by atoms with Crippen molar-refractivity contribution >= 4 is 22.3 Å². The van der Waals surface area contributed by atoms with Crippen LogP contribution in [-0.4, -0.2) is 28.9 Å². The summed E-state index contributed by atoms with van der Waals surface area (Å²) in [6, 6.07) is 8.77. The van der Waals surface area contributed by atoms with Crippen molar-refractivity contribution in [1.29, 1.82) is 0 Å². The van der Waals surface area contributed by atoms with Gasteiger partial charge in [-0.25, -0.2) is 13.8 Å². The van der Waals surface area contributed by atoms with Gasteiger partial charge >= 0.3 is 0 Å². The second-order valence-corrected chi connectivity index (χ2v) is 5.27. The van der Waals surface area contributed by atoms with Crippen molar-refractivity contribution in [3.63, 3.8) is 0 Å². The van der Waals surface area contributed by atoms with Crippen LogP contribution in [0.3, 0.4) is 0 Å². The lowest BCUT2D eigenvalue weighted by molar-refractivity contribution is 0.476. The molecule has 7 nitrogen and oxygen atoms in total. The number of aromatic hydroxyl groups is 1. The zero-order chi connectivity index (χ0) is 15.7. The summed E-state index contributed by atoms with van der Waals surface area (Å²) in [6.07, 6.45) is 0. The van der Waals surface area contributed by atoms with Gasteiger partial charge in [0.1, 0.15) is 22.8 Å². The van der Waals surface area contributed by atoms with Gasteiger partial charge in [-0.1, -0.05) is 11.3 Å². The van der Waals surface area contributed by atoms with Gasteiger partial charge in [-0.05, 0) is 29.8 Å². The number of halogens is 1. The third-order valence-corrected chi connectivity index (χ3v) is 3.44. The van der Waals surface area contributed by atoms with Gasteiger partial charge in [0, 0.05) is 23.9 Å². The van der Waals surface area contributed by atoms with Gasteiger partial charge in [0.05, 0.1) is 5.52 Å². The molecular formula is C13H10FN4O3S-. The number of fused-ring (bicyclic) bond motifs is 1. The van der Waals surface area contributed by atoms with Crippen molar-refractivity contribution in [1.82, 2.24) is 19.7 Å². The van der Waals surface area contributed by atoms with Crippen LogP contribution in [0, 0.1) is 5.82 Å². The minimum Gasteiger partial charge on any atom is -0.760 e. The molecule has 114 valence electrons. The highest BCUT2D eigenvalue weighted by Gasteiger charge is 2.11. The zero-order valence-corrected chi connectivity index (χ0v) is 11.9. The summed E-state index contributed by atoms with van der Waals surface area (Å²) in [5.74, 6) is -0.511. The Morgan fingerprint density at radius 3 is 2.86 bits per heavy atom. The van der Waals surface area contributed by atoms with E-state index in [2.05, 4.69) is 15.0 Å². The van der Waals surface area contributed by atoms with E-state index in [0.717, 1.165) is 0 Å². The molecule has 0 aliphatic heterocycles. The summed E-state index contributed by atoms with van der Waals surface area (Å²) in [6.45, 7) is -0.000706. The van der Waals surface area contributed by atoms with E-state index in [1.807, 2.05) is 0 Å². The van der Waals surface area contributed by atoms with E-state index >= 15 is 0 Å². The third kappa shape index (κ3) is 2.82. The highest BCUT2D eigenvalue weighted by atomic mass is 32.2. The fourth-order valence-corrected chi connectivity index (χ4v) is 2.35. The van der Waals surface area contributed by atoms with Crippen molar-refractivity contribution in [2.75, 3.05) is 0 Å². The van der Waals surface area contributed by atoms with Gasteiger partial charge in [-0.15, -0.1) is 5.10 Å². The van der Waals surface area contributed by atoms with Crippen LogP contribution >= 0.6 is 0 Å². The lowest BCUT2D eigenvalue weighted by atomic mass is 10.2. The maximum atomic E-state index is 14.2. The van der Waals surface area contributed by atoms with Crippen molar-refractivity contribution < 1.29 is 18.3 Å². The van der Waals surface area contributed by atoms with Crippen LogP contribution in [0.4, 0.5) is 4.39 Å². The van der Waals surface area contributed by atoms with Gasteiger partial charge in [-0.2, -0.15) is 0 Å². The Morgan fingerprint density at radius 2 is 2.14 bits per heavy atom. The molecule has 0 spiro atoms. The lowest BCUT2D eigenvalue weighted by Gasteiger charge is -2.09. The number of phenols is 1. The molecule has 0 amide bonds. The molecule has 2 aromatic carbocycles. The predicted octanol–water partition coefficient (Wildman–Crippen LogP) is 1.15. The zero-order valence-electron chi connectivity index (χ0n) is 11.1. The normalized spacial score (nSPS) is 12.6. The average Bonchev–Trinajstić information content (AvgIpc) is 2.88. The van der Waals surface area contributed by atoms with Gasteiger partial charge in [0.2, 0.25) is 0 Å². The van der Waals surface area contributed by atoms with Crippen molar-refractivity contribution in [3.05, 3.63) is 47.8 Å². The number of rotatable bonds is 4. The molecule has 1 atom stereocenters. The Balaban J connectivity index is 1.98. The van der Waals surface area contributed by atoms with Crippen molar-refractivity contribution in [3.8, 4) is 11.4 Å². The molecule has 3 aromatic rings. The van der Waals surface area contributed by atoms with Crippen LogP contribution in [-0.2, 0) is 17.8 Å². The van der Waals surface area contributed by atoms with Gasteiger partial charge in [0.15, 0.2) is 0 Å². The van der Waals surface area contributed by atoms with Crippen LogP contribution in [0.2, 0.25) is 0 Å². The molecule has 3 rings (SSSR count). The molecule has 1 unspecified atom stereocenters. The molecule has 0 radical (unpaired) electrons. The number of hydrogen-bond donors (Lipinski definition) is 2. The van der Waals surface area contributed by atoms with Crippen LogP contribution in [0.5, 0.6) is 5.75 Å². The van der Waals surface area contributed by atoms with E-state index in [0.29, 0.717) is 16.6 Å².